The fourth-order valence-corrected chi connectivity index (χ4v) is 1.10. The Kier molecular flexibility index (Phi) is 2.16. The Hall–Kier alpha value is 0.430. The monoisotopic (exact) mass is 201 g/mol. The highest BCUT2D eigenvalue weighted by Gasteiger charge is 2.26. The van der Waals surface area contributed by atoms with Gasteiger partial charge in [0.25, 0.3) is 3.79 Å². The van der Waals surface area contributed by atoms with Crippen molar-refractivity contribution in [3.8, 4) is 0 Å². The van der Waals surface area contributed by atoms with Gasteiger partial charge in [0.1, 0.15) is 0 Å². The molecule has 0 unspecified atom stereocenters. The third-order valence-corrected chi connectivity index (χ3v) is 1.52. The number of aromatic nitrogens is 2. The van der Waals surface area contributed by atoms with Crippen LogP contribution in [0.3, 0.4) is 0 Å². The van der Waals surface area contributed by atoms with Crippen LogP contribution in [-0.4, -0.2) is 9.36 Å². The van der Waals surface area contributed by atoms with Crippen LogP contribution in [0, 0.1) is 5.51 Å². The first-order chi connectivity index (χ1) is 4.11. The molecule has 0 bridgehead atoms. The van der Waals surface area contributed by atoms with Crippen LogP contribution in [0.25, 0.3) is 0 Å². The summed E-state index contributed by atoms with van der Waals surface area (Å²) >= 11 is 17.2. The molecule has 49 valence electrons. The van der Waals surface area contributed by atoms with Crippen molar-refractivity contribution in [3.63, 3.8) is 0 Å². The average molecular weight is 202 g/mol. The molecule has 0 spiro atoms. The molecule has 0 atom stereocenters. The summed E-state index contributed by atoms with van der Waals surface area (Å²) in [6, 6.07) is 0. The fourth-order valence-electron chi connectivity index (χ4n) is 0.263. The summed E-state index contributed by atoms with van der Waals surface area (Å²) in [5.41, 5.74) is 2.46. The van der Waals surface area contributed by atoms with E-state index < -0.39 is 3.79 Å². The zero-order valence-corrected chi connectivity index (χ0v) is 7.02. The summed E-state index contributed by atoms with van der Waals surface area (Å²) < 4.78 is 2.16. The van der Waals surface area contributed by atoms with Crippen molar-refractivity contribution in [2.45, 2.75) is 3.79 Å². The first kappa shape index (κ1) is 7.54. The van der Waals surface area contributed by atoms with Gasteiger partial charge in [0.15, 0.2) is 11.3 Å². The fraction of sp³-hybridized carbons (Fsp3) is 0.333. The predicted octanol–water partition coefficient (Wildman–Crippen LogP) is 2.16. The second-order valence-electron chi connectivity index (χ2n) is 1.21. The Balaban J connectivity index is 2.90. The van der Waals surface area contributed by atoms with Gasteiger partial charge in [-0.3, -0.25) is 0 Å². The van der Waals surface area contributed by atoms with Crippen molar-refractivity contribution in [3.05, 3.63) is 11.3 Å². The molecule has 2 nitrogen and oxygen atoms in total. The second-order valence-corrected chi connectivity index (χ2v) is 4.04. The third kappa shape index (κ3) is 1.93. The molecule has 0 amide bonds. The molecular formula is C3Cl3N2S. The zero-order chi connectivity index (χ0) is 6.91. The van der Waals surface area contributed by atoms with E-state index in [9.17, 15) is 0 Å². The molecule has 0 saturated heterocycles. The summed E-state index contributed by atoms with van der Waals surface area (Å²) in [5.74, 6) is 0.178. The molecule has 0 saturated carbocycles. The standard InChI is InChI=1S/C3Cl3N2S/c4-3(5,6)2-7-1-9-8-2. The Bertz CT molecular complexity index is 179. The number of hydrogen-bond donors (Lipinski definition) is 0. The normalized spacial score (nSPS) is 11.9. The molecule has 1 heterocycles. The first-order valence-electron chi connectivity index (χ1n) is 1.87. The molecule has 0 aliphatic heterocycles. The van der Waals surface area contributed by atoms with E-state index in [0.717, 1.165) is 11.5 Å². The molecule has 0 aliphatic rings. The maximum absolute atomic E-state index is 5.39. The van der Waals surface area contributed by atoms with Crippen LogP contribution in [-0.2, 0) is 3.79 Å². The molecule has 0 aromatic carbocycles. The van der Waals surface area contributed by atoms with Crippen molar-refractivity contribution in [2.75, 3.05) is 0 Å². The maximum Gasteiger partial charge on any atom is 0.251 e. The van der Waals surface area contributed by atoms with Crippen LogP contribution in [0.2, 0.25) is 0 Å². The van der Waals surface area contributed by atoms with E-state index in [1.807, 2.05) is 0 Å². The Morgan fingerprint density at radius 3 is 2.33 bits per heavy atom. The maximum atomic E-state index is 5.39. The topological polar surface area (TPSA) is 25.8 Å². The van der Waals surface area contributed by atoms with Crippen LogP contribution in [0.15, 0.2) is 0 Å². The molecule has 0 fully saturated rings. The largest absolute Gasteiger partial charge is 0.251 e. The lowest BCUT2D eigenvalue weighted by Gasteiger charge is -2.02. The van der Waals surface area contributed by atoms with Gasteiger partial charge in [0.05, 0.1) is 0 Å². The van der Waals surface area contributed by atoms with Gasteiger partial charge in [-0.25, -0.2) is 4.98 Å². The van der Waals surface area contributed by atoms with E-state index in [0.29, 0.717) is 0 Å². The van der Waals surface area contributed by atoms with Gasteiger partial charge >= 0.3 is 0 Å². The Morgan fingerprint density at radius 2 is 2.11 bits per heavy atom. The van der Waals surface area contributed by atoms with E-state index in [2.05, 4.69) is 14.9 Å². The number of alkyl halides is 3. The third-order valence-electron chi connectivity index (χ3n) is 0.578. The molecule has 0 N–H and O–H groups in total. The summed E-state index contributed by atoms with van der Waals surface area (Å²) in [7, 11) is 0. The Morgan fingerprint density at radius 1 is 1.44 bits per heavy atom. The molecule has 1 aromatic rings. The number of hydrogen-bond acceptors (Lipinski definition) is 3. The predicted molar refractivity (Wildman–Crippen MR) is 38.0 cm³/mol. The van der Waals surface area contributed by atoms with E-state index in [-0.39, 0.29) is 5.82 Å². The first-order valence-corrected chi connectivity index (χ1v) is 3.78. The van der Waals surface area contributed by atoms with Gasteiger partial charge < -0.3 is 0 Å². The van der Waals surface area contributed by atoms with Crippen molar-refractivity contribution < 1.29 is 0 Å². The van der Waals surface area contributed by atoms with E-state index in [1.54, 1.807) is 0 Å². The van der Waals surface area contributed by atoms with Crippen molar-refractivity contribution in [1.82, 2.24) is 9.36 Å². The van der Waals surface area contributed by atoms with Crippen LogP contribution in [0.1, 0.15) is 5.82 Å². The minimum Gasteiger partial charge on any atom is -0.212 e. The number of rotatable bonds is 0. The lowest BCUT2D eigenvalue weighted by atomic mass is 10.7. The van der Waals surface area contributed by atoms with Crippen LogP contribution >= 0.6 is 46.3 Å². The van der Waals surface area contributed by atoms with Gasteiger partial charge in [-0.15, -0.1) is 0 Å². The van der Waals surface area contributed by atoms with E-state index in [1.165, 1.54) is 0 Å². The number of nitrogens with zero attached hydrogens (tertiary/aromatic N) is 2. The minimum atomic E-state index is -1.50. The van der Waals surface area contributed by atoms with Gasteiger partial charge in [0.2, 0.25) is 0 Å². The van der Waals surface area contributed by atoms with Gasteiger partial charge in [-0.1, -0.05) is 34.8 Å². The number of halogens is 3. The quantitative estimate of drug-likeness (QED) is 0.603. The van der Waals surface area contributed by atoms with Crippen LogP contribution in [0.4, 0.5) is 0 Å². The SMILES string of the molecule is ClC(Cl)(Cl)c1n[c]sn1. The van der Waals surface area contributed by atoms with Gasteiger partial charge in [-0.05, 0) is 11.5 Å². The lowest BCUT2D eigenvalue weighted by molar-refractivity contribution is 1.04. The highest BCUT2D eigenvalue weighted by molar-refractivity contribution is 7.02. The van der Waals surface area contributed by atoms with Crippen LogP contribution < -0.4 is 0 Å². The Labute approximate surface area is 70.9 Å². The molecule has 1 radical (unpaired) electrons. The summed E-state index contributed by atoms with van der Waals surface area (Å²) in [6.45, 7) is 0. The molecule has 1 aromatic heterocycles. The summed E-state index contributed by atoms with van der Waals surface area (Å²) in [6.07, 6.45) is 0. The lowest BCUT2D eigenvalue weighted by Crippen LogP contribution is -2.01. The smallest absolute Gasteiger partial charge is 0.212 e. The summed E-state index contributed by atoms with van der Waals surface area (Å²) in [4.78, 5) is 3.57. The molecular weight excluding hydrogens is 202 g/mol. The van der Waals surface area contributed by atoms with Gasteiger partial charge in [0, 0.05) is 0 Å². The van der Waals surface area contributed by atoms with Crippen molar-refractivity contribution in [2.24, 2.45) is 0 Å². The van der Waals surface area contributed by atoms with Crippen molar-refractivity contribution in [1.29, 1.82) is 0 Å². The summed E-state index contributed by atoms with van der Waals surface area (Å²) in [5, 5.41) is 0. The zero-order valence-electron chi connectivity index (χ0n) is 3.94. The highest BCUT2D eigenvalue weighted by atomic mass is 35.6. The molecule has 9 heavy (non-hydrogen) atoms. The van der Waals surface area contributed by atoms with E-state index in [4.69, 9.17) is 34.8 Å². The van der Waals surface area contributed by atoms with Crippen molar-refractivity contribution >= 4 is 46.3 Å². The molecule has 6 heteroatoms. The second kappa shape index (κ2) is 2.58. The van der Waals surface area contributed by atoms with Gasteiger partial charge in [-0.2, -0.15) is 4.37 Å². The highest BCUT2D eigenvalue weighted by Crippen LogP contribution is 2.35. The molecule has 1 rings (SSSR count). The minimum absolute atomic E-state index is 0.178. The van der Waals surface area contributed by atoms with E-state index >= 15 is 0 Å². The van der Waals surface area contributed by atoms with Crippen LogP contribution in [0.5, 0.6) is 0 Å². The average Bonchev–Trinajstić information content (AvgIpc) is 2.08. The molecule has 0 aliphatic carbocycles.